The largest absolute Gasteiger partial charge is 0.493 e. The highest BCUT2D eigenvalue weighted by Gasteiger charge is 2.11. The molecule has 0 unspecified atom stereocenters. The molecule has 2 rings (SSSR count). The van der Waals surface area contributed by atoms with Crippen LogP contribution in [-0.4, -0.2) is 7.11 Å². The maximum absolute atomic E-state index is 5.87. The molecule has 0 aromatic heterocycles. The Bertz CT molecular complexity index is 587. The monoisotopic (exact) mass is 447 g/mol. The van der Waals surface area contributed by atoms with Crippen molar-refractivity contribution in [2.45, 2.75) is 13.2 Å². The number of hydrogen-bond acceptors (Lipinski definition) is 3. The summed E-state index contributed by atoms with van der Waals surface area (Å²) in [5.74, 6) is 1.38. The van der Waals surface area contributed by atoms with E-state index in [9.17, 15) is 0 Å². The molecule has 0 saturated carbocycles. The third-order valence-electron chi connectivity index (χ3n) is 2.82. The van der Waals surface area contributed by atoms with Gasteiger partial charge in [-0.3, -0.25) is 0 Å². The van der Waals surface area contributed by atoms with Crippen molar-refractivity contribution in [2.75, 3.05) is 7.11 Å². The highest BCUT2D eigenvalue weighted by Crippen LogP contribution is 2.37. The van der Waals surface area contributed by atoms with Gasteiger partial charge in [-0.2, -0.15) is 0 Å². The Morgan fingerprint density at radius 1 is 1.15 bits per heavy atom. The standard InChI is InChI=1S/C15H15BrINO2/c1-19-14-7-11(8-18)6-13(16)15(14)20-9-10-2-4-12(17)5-3-10/h2-7H,8-9,18H2,1H3. The van der Waals surface area contributed by atoms with Gasteiger partial charge in [0.2, 0.25) is 0 Å². The molecule has 0 heterocycles. The molecule has 0 aliphatic rings. The first-order chi connectivity index (χ1) is 9.63. The van der Waals surface area contributed by atoms with Crippen molar-refractivity contribution in [3.8, 4) is 11.5 Å². The van der Waals surface area contributed by atoms with Gasteiger partial charge in [-0.05, 0) is 73.9 Å². The SMILES string of the molecule is COc1cc(CN)cc(Br)c1OCc1ccc(I)cc1. The summed E-state index contributed by atoms with van der Waals surface area (Å²) in [7, 11) is 1.62. The zero-order chi connectivity index (χ0) is 14.5. The van der Waals surface area contributed by atoms with Crippen molar-refractivity contribution in [3.63, 3.8) is 0 Å². The van der Waals surface area contributed by atoms with Crippen LogP contribution in [0.25, 0.3) is 0 Å². The topological polar surface area (TPSA) is 44.5 Å². The van der Waals surface area contributed by atoms with Crippen LogP contribution in [0.15, 0.2) is 40.9 Å². The predicted molar refractivity (Wildman–Crippen MR) is 92.1 cm³/mol. The number of hydrogen-bond donors (Lipinski definition) is 1. The lowest BCUT2D eigenvalue weighted by Crippen LogP contribution is -2.01. The van der Waals surface area contributed by atoms with Gasteiger partial charge >= 0.3 is 0 Å². The minimum atomic E-state index is 0.465. The number of benzene rings is 2. The Balaban J connectivity index is 2.18. The Morgan fingerprint density at radius 3 is 2.45 bits per heavy atom. The van der Waals surface area contributed by atoms with Crippen LogP contribution in [0.2, 0.25) is 0 Å². The normalized spacial score (nSPS) is 10.4. The van der Waals surface area contributed by atoms with E-state index in [2.05, 4.69) is 62.8 Å². The predicted octanol–water partition coefficient (Wildman–Crippen LogP) is 4.10. The van der Waals surface area contributed by atoms with Crippen LogP contribution in [0.4, 0.5) is 0 Å². The third-order valence-corrected chi connectivity index (χ3v) is 4.13. The van der Waals surface area contributed by atoms with Crippen molar-refractivity contribution < 1.29 is 9.47 Å². The summed E-state index contributed by atoms with van der Waals surface area (Å²) in [4.78, 5) is 0. The van der Waals surface area contributed by atoms with Crippen LogP contribution < -0.4 is 15.2 Å². The number of rotatable bonds is 5. The quantitative estimate of drug-likeness (QED) is 0.701. The van der Waals surface area contributed by atoms with E-state index in [1.807, 2.05) is 12.1 Å². The van der Waals surface area contributed by atoms with Crippen LogP contribution >= 0.6 is 38.5 Å². The van der Waals surface area contributed by atoms with Crippen LogP contribution in [0.1, 0.15) is 11.1 Å². The molecule has 2 aromatic rings. The molecule has 20 heavy (non-hydrogen) atoms. The van der Waals surface area contributed by atoms with Gasteiger partial charge in [0.1, 0.15) is 6.61 Å². The molecule has 5 heteroatoms. The van der Waals surface area contributed by atoms with E-state index in [1.54, 1.807) is 7.11 Å². The van der Waals surface area contributed by atoms with Crippen LogP contribution in [-0.2, 0) is 13.2 Å². The molecular weight excluding hydrogens is 433 g/mol. The number of halogens is 2. The first-order valence-electron chi connectivity index (χ1n) is 6.07. The van der Waals surface area contributed by atoms with Crippen molar-refractivity contribution in [1.82, 2.24) is 0 Å². The Hall–Kier alpha value is -0.790. The Labute approximate surface area is 140 Å². The lowest BCUT2D eigenvalue weighted by molar-refractivity contribution is 0.282. The molecule has 0 aliphatic carbocycles. The van der Waals surface area contributed by atoms with E-state index in [4.69, 9.17) is 15.2 Å². The van der Waals surface area contributed by atoms with Gasteiger partial charge < -0.3 is 15.2 Å². The van der Waals surface area contributed by atoms with Crippen LogP contribution in [0.5, 0.6) is 11.5 Å². The molecule has 0 spiro atoms. The maximum atomic E-state index is 5.87. The van der Waals surface area contributed by atoms with Crippen molar-refractivity contribution >= 4 is 38.5 Å². The average molecular weight is 448 g/mol. The van der Waals surface area contributed by atoms with E-state index in [-0.39, 0.29) is 0 Å². The second-order valence-corrected chi connectivity index (χ2v) is 6.33. The highest BCUT2D eigenvalue weighted by atomic mass is 127. The number of ether oxygens (including phenoxy) is 2. The fourth-order valence-electron chi connectivity index (χ4n) is 1.77. The summed E-state index contributed by atoms with van der Waals surface area (Å²) >= 11 is 5.78. The zero-order valence-electron chi connectivity index (χ0n) is 11.0. The van der Waals surface area contributed by atoms with Crippen LogP contribution in [0, 0.1) is 3.57 Å². The molecule has 2 N–H and O–H groups in total. The molecule has 0 atom stereocenters. The molecule has 2 aromatic carbocycles. The van der Waals surface area contributed by atoms with Gasteiger partial charge in [-0.15, -0.1) is 0 Å². The molecule has 0 saturated heterocycles. The lowest BCUT2D eigenvalue weighted by atomic mass is 10.2. The Kier molecular flexibility index (Phi) is 5.68. The van der Waals surface area contributed by atoms with E-state index in [1.165, 1.54) is 3.57 Å². The summed E-state index contributed by atoms with van der Waals surface area (Å²) in [5, 5.41) is 0. The molecule has 0 fully saturated rings. The van der Waals surface area contributed by atoms with E-state index in [0.29, 0.717) is 24.7 Å². The average Bonchev–Trinajstić information content (AvgIpc) is 2.47. The second-order valence-electron chi connectivity index (χ2n) is 4.23. The maximum Gasteiger partial charge on any atom is 0.175 e. The molecule has 0 aliphatic heterocycles. The summed E-state index contributed by atoms with van der Waals surface area (Å²) in [6.07, 6.45) is 0. The van der Waals surface area contributed by atoms with Gasteiger partial charge in [0, 0.05) is 10.1 Å². The fraction of sp³-hybridized carbons (Fsp3) is 0.200. The molecule has 0 amide bonds. The van der Waals surface area contributed by atoms with Gasteiger partial charge in [-0.25, -0.2) is 0 Å². The molecule has 3 nitrogen and oxygen atoms in total. The Morgan fingerprint density at radius 2 is 1.85 bits per heavy atom. The zero-order valence-corrected chi connectivity index (χ0v) is 14.8. The molecular formula is C15H15BrINO2. The summed E-state index contributed by atoms with van der Waals surface area (Å²) in [5.41, 5.74) is 7.76. The minimum Gasteiger partial charge on any atom is -0.493 e. The van der Waals surface area contributed by atoms with Crippen LogP contribution in [0.3, 0.4) is 0 Å². The van der Waals surface area contributed by atoms with Crippen molar-refractivity contribution in [2.24, 2.45) is 5.73 Å². The molecule has 0 bridgehead atoms. The summed E-state index contributed by atoms with van der Waals surface area (Å²) in [6, 6.07) is 12.1. The number of nitrogens with two attached hydrogens (primary N) is 1. The summed E-state index contributed by atoms with van der Waals surface area (Å²) in [6.45, 7) is 0.959. The van der Waals surface area contributed by atoms with Crippen molar-refractivity contribution in [3.05, 3.63) is 55.6 Å². The summed E-state index contributed by atoms with van der Waals surface area (Å²) < 4.78 is 13.3. The molecule has 106 valence electrons. The minimum absolute atomic E-state index is 0.465. The van der Waals surface area contributed by atoms with Gasteiger partial charge in [-0.1, -0.05) is 12.1 Å². The van der Waals surface area contributed by atoms with Gasteiger partial charge in [0.15, 0.2) is 11.5 Å². The first kappa shape index (κ1) is 15.6. The van der Waals surface area contributed by atoms with Crippen molar-refractivity contribution in [1.29, 1.82) is 0 Å². The number of methoxy groups -OCH3 is 1. The first-order valence-corrected chi connectivity index (χ1v) is 7.95. The fourth-order valence-corrected chi connectivity index (χ4v) is 2.73. The second kappa shape index (κ2) is 7.28. The third kappa shape index (κ3) is 3.86. The van der Waals surface area contributed by atoms with Gasteiger partial charge in [0.05, 0.1) is 11.6 Å². The highest BCUT2D eigenvalue weighted by molar-refractivity contribution is 14.1. The smallest absolute Gasteiger partial charge is 0.175 e. The van der Waals surface area contributed by atoms with E-state index in [0.717, 1.165) is 15.6 Å². The van der Waals surface area contributed by atoms with E-state index >= 15 is 0 Å². The van der Waals surface area contributed by atoms with E-state index < -0.39 is 0 Å². The lowest BCUT2D eigenvalue weighted by Gasteiger charge is -2.14. The van der Waals surface area contributed by atoms with Gasteiger partial charge in [0.25, 0.3) is 0 Å². The molecule has 0 radical (unpaired) electrons.